The summed E-state index contributed by atoms with van der Waals surface area (Å²) in [5.74, 6) is -0.210. The van der Waals surface area contributed by atoms with Crippen molar-refractivity contribution in [2.45, 2.75) is 25.8 Å². The van der Waals surface area contributed by atoms with Crippen molar-refractivity contribution in [1.29, 1.82) is 0 Å². The molecule has 1 amide bonds. The van der Waals surface area contributed by atoms with Gasteiger partial charge >= 0.3 is 0 Å². The highest BCUT2D eigenvalue weighted by Gasteiger charge is 2.11. The van der Waals surface area contributed by atoms with Crippen molar-refractivity contribution in [3.63, 3.8) is 0 Å². The number of hydrogen-bond donors (Lipinski definition) is 1. The van der Waals surface area contributed by atoms with Crippen molar-refractivity contribution in [3.05, 3.63) is 71.1 Å². The molecule has 2 heterocycles. The monoisotopic (exact) mass is 361 g/mol. The van der Waals surface area contributed by atoms with Crippen LogP contribution in [0.2, 0.25) is 0 Å². The number of nitrogens with zero attached hydrogens (tertiary/aromatic N) is 2. The lowest BCUT2D eigenvalue weighted by atomic mass is 10.1. The summed E-state index contributed by atoms with van der Waals surface area (Å²) in [5, 5.41) is 4.38. The van der Waals surface area contributed by atoms with E-state index in [1.807, 2.05) is 48.5 Å². The smallest absolute Gasteiger partial charge is 0.258 e. The van der Waals surface area contributed by atoms with Crippen LogP contribution in [0, 0.1) is 0 Å². The lowest BCUT2D eigenvalue weighted by molar-refractivity contribution is -0.116. The fourth-order valence-electron chi connectivity index (χ4n) is 3.62. The Balaban J connectivity index is 1.43. The normalized spacial score (nSPS) is 14.3. The zero-order valence-electron chi connectivity index (χ0n) is 15.2. The van der Waals surface area contributed by atoms with Gasteiger partial charge in [-0.05, 0) is 61.0 Å². The first kappa shape index (κ1) is 17.3. The van der Waals surface area contributed by atoms with E-state index in [-0.39, 0.29) is 18.0 Å². The highest BCUT2D eigenvalue weighted by Crippen LogP contribution is 2.21. The van der Waals surface area contributed by atoms with E-state index in [0.29, 0.717) is 5.39 Å². The molecule has 5 nitrogen and oxygen atoms in total. The van der Waals surface area contributed by atoms with Gasteiger partial charge in [-0.25, -0.2) is 0 Å². The van der Waals surface area contributed by atoms with E-state index in [4.69, 9.17) is 0 Å². The van der Waals surface area contributed by atoms with Crippen molar-refractivity contribution in [3.8, 4) is 0 Å². The molecule has 0 aliphatic carbocycles. The van der Waals surface area contributed by atoms with Crippen molar-refractivity contribution in [2.24, 2.45) is 0 Å². The Morgan fingerprint density at radius 3 is 2.44 bits per heavy atom. The minimum Gasteiger partial charge on any atom is -0.372 e. The Labute approximate surface area is 158 Å². The molecule has 138 valence electrons. The molecule has 4 rings (SSSR count). The number of carbonyl (C=O) groups excluding carboxylic acids is 1. The zero-order chi connectivity index (χ0) is 18.6. The molecule has 1 fully saturated rings. The summed E-state index contributed by atoms with van der Waals surface area (Å²) in [6, 6.07) is 17.2. The van der Waals surface area contributed by atoms with Gasteiger partial charge in [-0.3, -0.25) is 9.59 Å². The third-order valence-corrected chi connectivity index (χ3v) is 5.07. The third-order valence-electron chi connectivity index (χ3n) is 5.07. The number of amides is 1. The lowest BCUT2D eigenvalue weighted by Gasteiger charge is -2.28. The quantitative estimate of drug-likeness (QED) is 0.772. The van der Waals surface area contributed by atoms with Crippen molar-refractivity contribution < 1.29 is 4.79 Å². The Bertz CT molecular complexity index is 1000. The topological polar surface area (TPSA) is 54.3 Å². The standard InChI is InChI=1S/C22H23N3O2/c26-21(16-25-15-12-17-6-2-3-7-20(17)22(25)27)23-18-8-10-19(11-9-18)24-13-4-1-5-14-24/h2-3,6-12,15H,1,4-5,13-14,16H2,(H,23,26). The molecule has 0 saturated carbocycles. The third kappa shape index (κ3) is 3.87. The van der Waals surface area contributed by atoms with Crippen LogP contribution < -0.4 is 15.8 Å². The van der Waals surface area contributed by atoms with Gasteiger partial charge < -0.3 is 14.8 Å². The molecular formula is C22H23N3O2. The van der Waals surface area contributed by atoms with E-state index in [9.17, 15) is 9.59 Å². The average Bonchev–Trinajstić information content (AvgIpc) is 2.71. The Morgan fingerprint density at radius 2 is 1.67 bits per heavy atom. The van der Waals surface area contributed by atoms with Gasteiger partial charge in [0.2, 0.25) is 5.91 Å². The van der Waals surface area contributed by atoms with Crippen LogP contribution in [0.1, 0.15) is 19.3 Å². The summed E-state index contributed by atoms with van der Waals surface area (Å²) in [5.41, 5.74) is 1.79. The highest BCUT2D eigenvalue weighted by molar-refractivity contribution is 5.91. The minimum atomic E-state index is -0.210. The van der Waals surface area contributed by atoms with Crippen LogP contribution in [-0.2, 0) is 11.3 Å². The van der Waals surface area contributed by atoms with Gasteiger partial charge in [-0.15, -0.1) is 0 Å². The molecule has 0 bridgehead atoms. The number of anilines is 2. The van der Waals surface area contributed by atoms with Crippen LogP contribution in [0.25, 0.3) is 10.8 Å². The number of pyridine rings is 1. The maximum absolute atomic E-state index is 12.5. The number of aromatic nitrogens is 1. The number of fused-ring (bicyclic) bond motifs is 1. The number of piperidine rings is 1. The summed E-state index contributed by atoms with van der Waals surface area (Å²) in [6.07, 6.45) is 5.44. The molecule has 5 heteroatoms. The second-order valence-electron chi connectivity index (χ2n) is 6.98. The molecule has 3 aromatic rings. The lowest BCUT2D eigenvalue weighted by Crippen LogP contribution is -2.29. The van der Waals surface area contributed by atoms with Crippen LogP contribution in [0.5, 0.6) is 0 Å². The second-order valence-corrected chi connectivity index (χ2v) is 6.98. The zero-order valence-corrected chi connectivity index (χ0v) is 15.2. The largest absolute Gasteiger partial charge is 0.372 e. The highest BCUT2D eigenvalue weighted by atomic mass is 16.2. The van der Waals surface area contributed by atoms with E-state index >= 15 is 0 Å². The Kier molecular flexibility index (Phi) is 4.92. The Hall–Kier alpha value is -3.08. The summed E-state index contributed by atoms with van der Waals surface area (Å²) in [4.78, 5) is 27.3. The minimum absolute atomic E-state index is 0.00244. The summed E-state index contributed by atoms with van der Waals surface area (Å²) in [6.45, 7) is 2.19. The number of hydrogen-bond acceptors (Lipinski definition) is 3. The molecule has 1 saturated heterocycles. The van der Waals surface area contributed by atoms with Crippen LogP contribution in [0.3, 0.4) is 0 Å². The van der Waals surface area contributed by atoms with Crippen molar-refractivity contribution >= 4 is 28.1 Å². The van der Waals surface area contributed by atoms with Gasteiger partial charge in [0.1, 0.15) is 6.54 Å². The first-order valence-electron chi connectivity index (χ1n) is 9.44. The van der Waals surface area contributed by atoms with E-state index in [1.54, 1.807) is 12.3 Å². The predicted octanol–water partition coefficient (Wildman–Crippen LogP) is 3.63. The fraction of sp³-hybridized carbons (Fsp3) is 0.273. The van der Waals surface area contributed by atoms with Gasteiger partial charge in [-0.2, -0.15) is 0 Å². The average molecular weight is 361 g/mol. The molecule has 2 aromatic carbocycles. The summed E-state index contributed by atoms with van der Waals surface area (Å²) >= 11 is 0. The first-order valence-corrected chi connectivity index (χ1v) is 9.44. The van der Waals surface area contributed by atoms with Gasteiger partial charge in [0, 0.05) is 36.0 Å². The van der Waals surface area contributed by atoms with Crippen LogP contribution >= 0.6 is 0 Å². The first-order chi connectivity index (χ1) is 13.2. The fourth-order valence-corrected chi connectivity index (χ4v) is 3.62. The molecule has 1 N–H and O–H groups in total. The van der Waals surface area contributed by atoms with Crippen molar-refractivity contribution in [2.75, 3.05) is 23.3 Å². The number of nitrogens with one attached hydrogen (secondary N) is 1. The van der Waals surface area contributed by atoms with E-state index in [1.165, 1.54) is 29.5 Å². The van der Waals surface area contributed by atoms with E-state index in [0.717, 1.165) is 24.2 Å². The van der Waals surface area contributed by atoms with Crippen LogP contribution in [0.15, 0.2) is 65.6 Å². The number of carbonyl (C=O) groups is 1. The molecule has 27 heavy (non-hydrogen) atoms. The molecule has 1 aliphatic rings. The molecule has 1 aromatic heterocycles. The molecule has 0 spiro atoms. The second kappa shape index (κ2) is 7.66. The van der Waals surface area contributed by atoms with Crippen molar-refractivity contribution in [1.82, 2.24) is 4.57 Å². The van der Waals surface area contributed by atoms with E-state index < -0.39 is 0 Å². The Morgan fingerprint density at radius 1 is 0.926 bits per heavy atom. The van der Waals surface area contributed by atoms with Gasteiger partial charge in [0.25, 0.3) is 5.56 Å². The summed E-state index contributed by atoms with van der Waals surface area (Å²) in [7, 11) is 0. The van der Waals surface area contributed by atoms with E-state index in [2.05, 4.69) is 10.2 Å². The van der Waals surface area contributed by atoms with Gasteiger partial charge in [0.05, 0.1) is 0 Å². The molecule has 0 unspecified atom stereocenters. The maximum Gasteiger partial charge on any atom is 0.258 e. The van der Waals surface area contributed by atoms with Crippen LogP contribution in [-0.4, -0.2) is 23.6 Å². The van der Waals surface area contributed by atoms with Gasteiger partial charge in [0.15, 0.2) is 0 Å². The molecule has 0 radical (unpaired) electrons. The summed E-state index contributed by atoms with van der Waals surface area (Å²) < 4.78 is 1.44. The number of rotatable bonds is 4. The van der Waals surface area contributed by atoms with Gasteiger partial charge in [-0.1, -0.05) is 18.2 Å². The molecular weight excluding hydrogens is 338 g/mol. The molecule has 1 aliphatic heterocycles. The maximum atomic E-state index is 12.5. The SMILES string of the molecule is O=C(Cn1ccc2ccccc2c1=O)Nc1ccc(N2CCCCC2)cc1. The number of benzene rings is 2. The predicted molar refractivity (Wildman–Crippen MR) is 109 cm³/mol. The molecule has 0 atom stereocenters. The van der Waals surface area contributed by atoms with Crippen LogP contribution in [0.4, 0.5) is 11.4 Å².